The second-order valence-corrected chi connectivity index (χ2v) is 11.0. The first-order valence-electron chi connectivity index (χ1n) is 15.7. The van der Waals surface area contributed by atoms with Crippen molar-refractivity contribution < 1.29 is 63.4 Å². The summed E-state index contributed by atoms with van der Waals surface area (Å²) >= 11 is 0. The summed E-state index contributed by atoms with van der Waals surface area (Å²) in [5.74, 6) is 0.426. The molecule has 13 nitrogen and oxygen atoms in total. The summed E-state index contributed by atoms with van der Waals surface area (Å²) in [7, 11) is 1.54. The number of rotatable bonds is 32. The van der Waals surface area contributed by atoms with Crippen LogP contribution in [0.5, 0.6) is 0 Å². The molecular formula is C30H62O13. The smallest absolute Gasteiger partial charge is 0.104 e. The second kappa shape index (κ2) is 28.9. The largest absolute Gasteiger partial charge is 0.391 e. The summed E-state index contributed by atoms with van der Waals surface area (Å²) in [6.45, 7) is 9.58. The number of aliphatic hydroxyl groups excluding tert-OH is 5. The molecule has 5 N–H and O–H groups in total. The Morgan fingerprint density at radius 2 is 0.860 bits per heavy atom. The fourth-order valence-electron chi connectivity index (χ4n) is 3.52. The van der Waals surface area contributed by atoms with Gasteiger partial charge < -0.3 is 63.4 Å². The van der Waals surface area contributed by atoms with Crippen LogP contribution in [0.15, 0.2) is 0 Å². The maximum absolute atomic E-state index is 10.3. The Hall–Kier alpha value is -0.520. The molecule has 0 aromatic heterocycles. The summed E-state index contributed by atoms with van der Waals surface area (Å²) in [6.07, 6.45) is -1.77. The maximum atomic E-state index is 10.3. The van der Waals surface area contributed by atoms with Crippen LogP contribution in [-0.2, 0) is 37.9 Å². The number of methoxy groups -OCH3 is 1. The van der Waals surface area contributed by atoms with Gasteiger partial charge in [0.25, 0.3) is 0 Å². The predicted octanol–water partition coefficient (Wildman–Crippen LogP) is 0.547. The lowest BCUT2D eigenvalue weighted by molar-refractivity contribution is -0.131. The fourth-order valence-corrected chi connectivity index (χ4v) is 3.52. The van der Waals surface area contributed by atoms with Crippen LogP contribution in [0.25, 0.3) is 0 Å². The molecule has 0 saturated carbocycles. The van der Waals surface area contributed by atoms with E-state index in [9.17, 15) is 25.5 Å². The zero-order chi connectivity index (χ0) is 32.3. The Bertz CT molecular complexity index is 588. The highest BCUT2D eigenvalue weighted by atomic mass is 16.6. The monoisotopic (exact) mass is 630 g/mol. The van der Waals surface area contributed by atoms with Crippen molar-refractivity contribution in [3.63, 3.8) is 0 Å². The first kappa shape index (κ1) is 42.5. The van der Waals surface area contributed by atoms with E-state index in [0.717, 1.165) is 12.8 Å². The van der Waals surface area contributed by atoms with Crippen LogP contribution in [0.1, 0.15) is 53.4 Å². The first-order valence-corrected chi connectivity index (χ1v) is 15.7. The molecule has 0 aromatic carbocycles. The Morgan fingerprint density at radius 1 is 0.442 bits per heavy atom. The molecular weight excluding hydrogens is 568 g/mol. The minimum Gasteiger partial charge on any atom is -0.391 e. The molecule has 0 rings (SSSR count). The molecule has 8 atom stereocenters. The third-order valence-corrected chi connectivity index (χ3v) is 6.37. The van der Waals surface area contributed by atoms with Crippen molar-refractivity contribution in [3.8, 4) is 0 Å². The van der Waals surface area contributed by atoms with Crippen molar-refractivity contribution in [1.82, 2.24) is 0 Å². The van der Waals surface area contributed by atoms with E-state index in [1.54, 1.807) is 7.11 Å². The van der Waals surface area contributed by atoms with Crippen LogP contribution >= 0.6 is 0 Å². The quantitative estimate of drug-likeness (QED) is 0.0698. The Balaban J connectivity index is 4.74. The van der Waals surface area contributed by atoms with Crippen molar-refractivity contribution >= 4 is 0 Å². The van der Waals surface area contributed by atoms with Crippen LogP contribution in [-0.4, -0.2) is 161 Å². The fraction of sp³-hybridized carbons (Fsp3) is 1.00. The first-order chi connectivity index (χ1) is 20.6. The highest BCUT2D eigenvalue weighted by Crippen LogP contribution is 2.06. The summed E-state index contributed by atoms with van der Waals surface area (Å²) in [5.41, 5.74) is 0. The molecule has 0 spiro atoms. The van der Waals surface area contributed by atoms with Crippen LogP contribution in [0.2, 0.25) is 0 Å². The van der Waals surface area contributed by atoms with E-state index in [1.165, 1.54) is 0 Å². The van der Waals surface area contributed by atoms with Gasteiger partial charge in [0, 0.05) is 13.7 Å². The summed E-state index contributed by atoms with van der Waals surface area (Å²) in [6, 6.07) is 0. The highest BCUT2D eigenvalue weighted by molar-refractivity contribution is 4.65. The van der Waals surface area contributed by atoms with E-state index >= 15 is 0 Å². The molecule has 0 aliphatic rings. The minimum absolute atomic E-state index is 0.00158. The molecule has 0 aliphatic carbocycles. The molecule has 0 fully saturated rings. The molecule has 0 aliphatic heterocycles. The SMILES string of the molecule is CCCC(O)COCC(O)COC(COCC(O)COCC(O)CC)COC(COC)COCC(O)COCC(C)CC. The zero-order valence-electron chi connectivity index (χ0n) is 27.1. The van der Waals surface area contributed by atoms with Gasteiger partial charge in [0.15, 0.2) is 0 Å². The lowest BCUT2D eigenvalue weighted by Crippen LogP contribution is -2.36. The molecule has 0 bridgehead atoms. The van der Waals surface area contributed by atoms with E-state index in [-0.39, 0.29) is 79.3 Å². The van der Waals surface area contributed by atoms with Crippen molar-refractivity contribution in [2.75, 3.05) is 93.0 Å². The van der Waals surface area contributed by atoms with Gasteiger partial charge in [-0.05, 0) is 18.8 Å². The molecule has 13 heteroatoms. The topological polar surface area (TPSA) is 175 Å². The van der Waals surface area contributed by atoms with E-state index < -0.39 is 42.7 Å². The van der Waals surface area contributed by atoms with E-state index in [2.05, 4.69) is 13.8 Å². The standard InChI is InChI=1S/C30H62O13/c1-6-9-25(32)12-39-17-28(35)18-42-30(21-41-16-27(34)14-38-11-24(31)8-3)22-43-29(19-36-5)20-40-15-26(33)13-37-10-23(4)7-2/h23-35H,6-22H2,1-5H3. The van der Waals surface area contributed by atoms with Gasteiger partial charge in [-0.3, -0.25) is 0 Å². The zero-order valence-corrected chi connectivity index (χ0v) is 27.1. The van der Waals surface area contributed by atoms with E-state index in [4.69, 9.17) is 37.9 Å². The van der Waals surface area contributed by atoms with E-state index in [0.29, 0.717) is 25.4 Å². The summed E-state index contributed by atoms with van der Waals surface area (Å²) < 4.78 is 44.5. The van der Waals surface area contributed by atoms with Crippen LogP contribution in [0.3, 0.4) is 0 Å². The molecule has 0 saturated heterocycles. The van der Waals surface area contributed by atoms with Crippen LogP contribution < -0.4 is 0 Å². The molecule has 0 amide bonds. The lowest BCUT2D eigenvalue weighted by atomic mass is 10.1. The van der Waals surface area contributed by atoms with Crippen molar-refractivity contribution in [2.45, 2.75) is 96.1 Å². The van der Waals surface area contributed by atoms with Gasteiger partial charge in [-0.1, -0.05) is 40.5 Å². The van der Waals surface area contributed by atoms with Crippen molar-refractivity contribution in [2.24, 2.45) is 5.92 Å². The third kappa shape index (κ3) is 26.4. The van der Waals surface area contributed by atoms with Gasteiger partial charge >= 0.3 is 0 Å². The second-order valence-electron chi connectivity index (χ2n) is 11.0. The van der Waals surface area contributed by atoms with E-state index in [1.807, 2.05) is 13.8 Å². The Morgan fingerprint density at radius 3 is 1.35 bits per heavy atom. The third-order valence-electron chi connectivity index (χ3n) is 6.37. The van der Waals surface area contributed by atoms with Gasteiger partial charge in [0.2, 0.25) is 0 Å². The normalized spacial score (nSPS) is 17.7. The van der Waals surface area contributed by atoms with Gasteiger partial charge in [0.05, 0.1) is 91.5 Å². The van der Waals surface area contributed by atoms with Gasteiger partial charge in [-0.15, -0.1) is 0 Å². The van der Waals surface area contributed by atoms with Crippen molar-refractivity contribution in [1.29, 1.82) is 0 Å². The number of aliphatic hydroxyl groups is 5. The van der Waals surface area contributed by atoms with Gasteiger partial charge in [-0.2, -0.15) is 0 Å². The summed E-state index contributed by atoms with van der Waals surface area (Å²) in [4.78, 5) is 0. The highest BCUT2D eigenvalue weighted by Gasteiger charge is 2.19. The molecule has 8 unspecified atom stereocenters. The average Bonchev–Trinajstić information content (AvgIpc) is 2.97. The predicted molar refractivity (Wildman–Crippen MR) is 160 cm³/mol. The van der Waals surface area contributed by atoms with Crippen molar-refractivity contribution in [3.05, 3.63) is 0 Å². The number of ether oxygens (including phenoxy) is 8. The van der Waals surface area contributed by atoms with Gasteiger partial charge in [-0.25, -0.2) is 0 Å². The average molecular weight is 631 g/mol. The maximum Gasteiger partial charge on any atom is 0.104 e. The number of hydrogen-bond donors (Lipinski definition) is 5. The summed E-state index contributed by atoms with van der Waals surface area (Å²) in [5, 5.41) is 49.9. The Kier molecular flexibility index (Phi) is 28.6. The van der Waals surface area contributed by atoms with Crippen LogP contribution in [0, 0.1) is 5.92 Å². The van der Waals surface area contributed by atoms with Gasteiger partial charge in [0.1, 0.15) is 30.5 Å². The lowest BCUT2D eigenvalue weighted by Gasteiger charge is -2.24. The molecule has 0 radical (unpaired) electrons. The number of hydrogen-bond acceptors (Lipinski definition) is 13. The molecule has 260 valence electrons. The Labute approximate surface area is 258 Å². The molecule has 0 aromatic rings. The molecule has 43 heavy (non-hydrogen) atoms. The minimum atomic E-state index is -0.928. The molecule has 0 heterocycles. The van der Waals surface area contributed by atoms with Crippen LogP contribution in [0.4, 0.5) is 0 Å².